The summed E-state index contributed by atoms with van der Waals surface area (Å²) in [5.41, 5.74) is 3.17. The molecule has 4 rings (SSSR count). The molecule has 2 aromatic carbocycles. The van der Waals surface area contributed by atoms with Crippen LogP contribution in [0.1, 0.15) is 19.4 Å². The van der Waals surface area contributed by atoms with Gasteiger partial charge >= 0.3 is 0 Å². The zero-order valence-corrected chi connectivity index (χ0v) is 25.7. The van der Waals surface area contributed by atoms with Gasteiger partial charge in [-0.3, -0.25) is 9.78 Å². The first-order valence-corrected chi connectivity index (χ1v) is 19.9. The summed E-state index contributed by atoms with van der Waals surface area (Å²) in [5.74, 6) is 0.0365. The van der Waals surface area contributed by atoms with Crippen LogP contribution < -0.4 is 5.56 Å². The van der Waals surface area contributed by atoms with Crippen molar-refractivity contribution in [3.8, 4) is 22.3 Å². The Hall–Kier alpha value is -3.08. The largest absolute Gasteiger partial charge is 0.327 e. The molecule has 0 aliphatic heterocycles. The Balaban J connectivity index is 1.87. The van der Waals surface area contributed by atoms with Crippen molar-refractivity contribution >= 4 is 38.7 Å². The molecule has 0 atom stereocenters. The number of aromatic nitrogens is 2. The van der Waals surface area contributed by atoms with Gasteiger partial charge in [-0.15, -0.1) is 0 Å². The first-order valence-electron chi connectivity index (χ1n) is 12.6. The van der Waals surface area contributed by atoms with Crippen molar-refractivity contribution in [2.45, 2.75) is 49.2 Å². The Bertz CT molecular complexity index is 1840. The Kier molecular flexibility index (Phi) is 7.52. The zero-order valence-electron chi connectivity index (χ0n) is 23.1. The average Bonchev–Trinajstić information content (AvgIpc) is 2.86. The van der Waals surface area contributed by atoms with Gasteiger partial charge in [-0.1, -0.05) is 43.9 Å². The molecule has 10 heteroatoms. The Morgan fingerprint density at radius 1 is 0.897 bits per heavy atom. The Labute approximate surface area is 231 Å². The van der Waals surface area contributed by atoms with Crippen LogP contribution in [-0.4, -0.2) is 46.9 Å². The van der Waals surface area contributed by atoms with E-state index in [1.165, 1.54) is 18.5 Å². The summed E-state index contributed by atoms with van der Waals surface area (Å²) in [4.78, 5) is 20.1. The summed E-state index contributed by atoms with van der Waals surface area (Å²) < 4.78 is 50.2. The topological polar surface area (TPSA) is 114 Å². The average molecular weight is 583 g/mol. The van der Waals surface area contributed by atoms with Gasteiger partial charge in [0, 0.05) is 43.2 Å². The second kappa shape index (κ2) is 10.1. The highest BCUT2D eigenvalue weighted by Crippen LogP contribution is 2.37. The molecule has 4 aromatic rings. The maximum absolute atomic E-state index is 13.1. The number of benzene rings is 2. The highest BCUT2D eigenvalue weighted by Gasteiger charge is 2.33. The first-order chi connectivity index (χ1) is 18.0. The third-order valence-electron chi connectivity index (χ3n) is 7.17. The van der Waals surface area contributed by atoms with Crippen LogP contribution in [0.15, 0.2) is 76.7 Å². The lowest BCUT2D eigenvalue weighted by molar-refractivity contribution is 0.561. The van der Waals surface area contributed by atoms with Crippen LogP contribution in [0.4, 0.5) is 0 Å². The second-order valence-electron chi connectivity index (χ2n) is 11.7. The van der Waals surface area contributed by atoms with Gasteiger partial charge in [-0.05, 0) is 66.9 Å². The number of hydrogen-bond donors (Lipinski definition) is 1. The lowest BCUT2D eigenvalue weighted by atomic mass is 9.92. The summed E-state index contributed by atoms with van der Waals surface area (Å²) in [6, 6.07) is 16.6. The number of H-pyrrole nitrogens is 1. The summed E-state index contributed by atoms with van der Waals surface area (Å²) >= 11 is 0. The molecule has 0 unspecified atom stereocenters. The van der Waals surface area contributed by atoms with E-state index in [0.717, 1.165) is 16.5 Å². The molecule has 39 heavy (non-hydrogen) atoms. The molecule has 2 aromatic heterocycles. The van der Waals surface area contributed by atoms with E-state index < -0.39 is 38.1 Å². The van der Waals surface area contributed by atoms with Crippen LogP contribution in [0.25, 0.3) is 33.2 Å². The van der Waals surface area contributed by atoms with Crippen LogP contribution in [0.3, 0.4) is 0 Å². The van der Waals surface area contributed by atoms with Gasteiger partial charge in [-0.25, -0.2) is 16.8 Å². The van der Waals surface area contributed by atoms with E-state index in [1.807, 2.05) is 30.3 Å². The highest BCUT2D eigenvalue weighted by molar-refractivity contribution is 7.91. The van der Waals surface area contributed by atoms with Crippen molar-refractivity contribution in [2.75, 3.05) is 12.0 Å². The number of aromatic amines is 1. The Morgan fingerprint density at radius 2 is 1.56 bits per heavy atom. The molecule has 2 heterocycles. The van der Waals surface area contributed by atoms with Crippen LogP contribution in [0, 0.1) is 0 Å². The van der Waals surface area contributed by atoms with E-state index in [4.69, 9.17) is 0 Å². The monoisotopic (exact) mass is 582 g/mol. The standard InChI is InChI=1S/C29H34N2O5S2Si/c1-29(2,37(3,33)34)23-16-22-11-8-12-30-27(22)25(17-23)20-9-7-10-21(15-20)26-18-24(19-31-28(26)32)38(35,36)13-14-39(4,5)6/h7-12,15-19H,13-14H2,1-6H3,(H,31,32). The summed E-state index contributed by atoms with van der Waals surface area (Å²) in [5, 5.41) is 0.792. The number of fused-ring (bicyclic) bond motifs is 1. The molecule has 0 saturated heterocycles. The first kappa shape index (κ1) is 28.9. The fourth-order valence-corrected chi connectivity index (χ4v) is 9.09. The fourth-order valence-electron chi connectivity index (χ4n) is 4.24. The van der Waals surface area contributed by atoms with Gasteiger partial charge in [0.1, 0.15) is 0 Å². The molecular formula is C29H34N2O5S2Si. The summed E-state index contributed by atoms with van der Waals surface area (Å²) in [6.45, 7) is 9.71. The molecule has 0 spiro atoms. The number of nitrogens with zero attached hydrogens (tertiary/aromatic N) is 1. The number of sulfone groups is 2. The maximum Gasteiger partial charge on any atom is 0.255 e. The lowest BCUT2D eigenvalue weighted by Crippen LogP contribution is -2.28. The second-order valence-corrected chi connectivity index (χ2v) is 22.0. The molecule has 0 bridgehead atoms. The molecule has 0 saturated carbocycles. The summed E-state index contributed by atoms with van der Waals surface area (Å²) in [7, 11) is -8.58. The smallest absolute Gasteiger partial charge is 0.255 e. The number of hydrogen-bond acceptors (Lipinski definition) is 6. The number of rotatable bonds is 8. The normalized spacial score (nSPS) is 13.1. The summed E-state index contributed by atoms with van der Waals surface area (Å²) in [6.07, 6.45) is 4.16. The van der Waals surface area contributed by atoms with Crippen LogP contribution in [0.5, 0.6) is 0 Å². The predicted octanol–water partition coefficient (Wildman–Crippen LogP) is 5.65. The van der Waals surface area contributed by atoms with Crippen molar-refractivity contribution in [3.63, 3.8) is 0 Å². The molecule has 0 amide bonds. The van der Waals surface area contributed by atoms with Crippen molar-refractivity contribution in [1.29, 1.82) is 0 Å². The fraction of sp³-hybridized carbons (Fsp3) is 0.310. The van der Waals surface area contributed by atoms with Gasteiger partial charge in [-0.2, -0.15) is 0 Å². The van der Waals surface area contributed by atoms with E-state index >= 15 is 0 Å². The van der Waals surface area contributed by atoms with Crippen LogP contribution in [0.2, 0.25) is 25.7 Å². The minimum Gasteiger partial charge on any atom is -0.327 e. The molecule has 1 N–H and O–H groups in total. The molecule has 0 aliphatic carbocycles. The third kappa shape index (κ3) is 6.07. The van der Waals surface area contributed by atoms with Gasteiger partial charge < -0.3 is 4.98 Å². The molecule has 0 fully saturated rings. The van der Waals surface area contributed by atoms with Gasteiger partial charge in [0.2, 0.25) is 0 Å². The maximum atomic E-state index is 13.1. The van der Waals surface area contributed by atoms with E-state index in [-0.39, 0.29) is 16.2 Å². The van der Waals surface area contributed by atoms with E-state index in [1.54, 1.807) is 38.2 Å². The Morgan fingerprint density at radius 3 is 2.21 bits per heavy atom. The van der Waals surface area contributed by atoms with Gasteiger partial charge in [0.15, 0.2) is 19.7 Å². The predicted molar refractivity (Wildman–Crippen MR) is 161 cm³/mol. The molecular weight excluding hydrogens is 549 g/mol. The van der Waals surface area contributed by atoms with Crippen molar-refractivity contribution in [2.24, 2.45) is 0 Å². The minimum absolute atomic E-state index is 0.0365. The minimum atomic E-state index is -3.57. The SMILES string of the molecule is CC(C)(c1cc(-c2cccc(-c3cc(S(=O)(=O)CC[Si](C)(C)C)c[nH]c3=O)c2)c2ncccc2c1)S(C)(=O)=O. The van der Waals surface area contributed by atoms with E-state index in [2.05, 4.69) is 29.6 Å². The van der Waals surface area contributed by atoms with E-state index in [0.29, 0.717) is 22.7 Å². The number of pyridine rings is 2. The third-order valence-corrected chi connectivity index (χ3v) is 13.1. The zero-order chi connectivity index (χ0) is 28.8. The van der Waals surface area contributed by atoms with Crippen molar-refractivity contribution in [3.05, 3.63) is 82.9 Å². The van der Waals surface area contributed by atoms with E-state index in [9.17, 15) is 21.6 Å². The molecule has 0 aliphatic rings. The van der Waals surface area contributed by atoms with Crippen molar-refractivity contribution < 1.29 is 16.8 Å². The lowest BCUT2D eigenvalue weighted by Gasteiger charge is -2.24. The van der Waals surface area contributed by atoms with Gasteiger partial charge in [0.25, 0.3) is 5.56 Å². The number of nitrogens with one attached hydrogen (secondary N) is 1. The molecule has 0 radical (unpaired) electrons. The highest BCUT2D eigenvalue weighted by atomic mass is 32.2. The molecule has 7 nitrogen and oxygen atoms in total. The van der Waals surface area contributed by atoms with Crippen LogP contribution >= 0.6 is 0 Å². The van der Waals surface area contributed by atoms with Crippen molar-refractivity contribution in [1.82, 2.24) is 9.97 Å². The van der Waals surface area contributed by atoms with Crippen LogP contribution in [-0.2, 0) is 24.4 Å². The quantitative estimate of drug-likeness (QED) is 0.269. The molecule has 206 valence electrons. The van der Waals surface area contributed by atoms with Gasteiger partial charge in [0.05, 0.1) is 20.9 Å².